The Hall–Kier alpha value is -2.17. The Morgan fingerprint density at radius 1 is 1.22 bits per heavy atom. The molecule has 0 saturated heterocycles. The van der Waals surface area contributed by atoms with Crippen LogP contribution in [0.3, 0.4) is 0 Å². The number of rotatable bonds is 5. The zero-order valence-electron chi connectivity index (χ0n) is 14.1. The number of benzene rings is 1. The number of para-hydroxylation sites is 1. The van der Waals surface area contributed by atoms with Crippen LogP contribution in [0.5, 0.6) is 0 Å². The van der Waals surface area contributed by atoms with E-state index in [9.17, 15) is 4.79 Å². The minimum Gasteiger partial charge on any atom is -0.361 e. The van der Waals surface area contributed by atoms with Crippen molar-refractivity contribution in [3.63, 3.8) is 0 Å². The summed E-state index contributed by atoms with van der Waals surface area (Å²) in [5, 5.41) is 8.15. The molecule has 23 heavy (non-hydrogen) atoms. The summed E-state index contributed by atoms with van der Waals surface area (Å²) < 4.78 is 1.90. The Morgan fingerprint density at radius 2 is 2.00 bits per heavy atom. The molecule has 5 heteroatoms. The number of unbranched alkanes of at least 4 members (excludes halogenated alkanes) is 3. The van der Waals surface area contributed by atoms with Crippen molar-refractivity contribution in [2.24, 2.45) is 0 Å². The molecule has 1 aromatic carbocycles. The van der Waals surface area contributed by atoms with E-state index >= 15 is 0 Å². The smallest absolute Gasteiger partial charge is 0.294 e. The Morgan fingerprint density at radius 3 is 2.78 bits per heavy atom. The topological polar surface area (TPSA) is 59.8 Å². The summed E-state index contributed by atoms with van der Waals surface area (Å²) >= 11 is 0. The second-order valence-electron chi connectivity index (χ2n) is 6.49. The van der Waals surface area contributed by atoms with Gasteiger partial charge in [0.15, 0.2) is 5.82 Å². The third-order valence-electron chi connectivity index (χ3n) is 4.52. The molecule has 122 valence electrons. The predicted molar refractivity (Wildman–Crippen MR) is 92.5 cm³/mol. The highest BCUT2D eigenvalue weighted by atomic mass is 16.1. The zero-order valence-corrected chi connectivity index (χ0v) is 14.1. The summed E-state index contributed by atoms with van der Waals surface area (Å²) in [5.41, 5.74) is 1.78. The standard InChI is InChI=1S/C18H24N4O/c1-4-5-6-9-12-18(3)20-15-11-8-7-10-14(15)16-19-17(23)13(2)21-22(16)18/h7-8,10-11,20H,4-6,9,12H2,1-3H3/t18-/m0/s1. The molecule has 1 aliphatic rings. The number of hydrogen-bond acceptors (Lipinski definition) is 4. The van der Waals surface area contributed by atoms with Gasteiger partial charge in [0, 0.05) is 11.3 Å². The Bertz CT molecular complexity index is 768. The van der Waals surface area contributed by atoms with Crippen LogP contribution in [-0.2, 0) is 5.66 Å². The van der Waals surface area contributed by atoms with Crippen molar-refractivity contribution in [3.05, 3.63) is 40.3 Å². The number of fused-ring (bicyclic) bond motifs is 3. The molecule has 2 heterocycles. The average Bonchev–Trinajstić information content (AvgIpc) is 2.54. The van der Waals surface area contributed by atoms with Crippen LogP contribution in [-0.4, -0.2) is 14.8 Å². The fraction of sp³-hybridized carbons (Fsp3) is 0.500. The van der Waals surface area contributed by atoms with Crippen LogP contribution >= 0.6 is 0 Å². The largest absolute Gasteiger partial charge is 0.361 e. The van der Waals surface area contributed by atoms with Crippen LogP contribution in [0.1, 0.15) is 51.6 Å². The molecule has 0 saturated carbocycles. The molecule has 5 nitrogen and oxygen atoms in total. The van der Waals surface area contributed by atoms with Crippen LogP contribution in [0.2, 0.25) is 0 Å². The first-order chi connectivity index (χ1) is 11.0. The van der Waals surface area contributed by atoms with E-state index in [0.717, 1.165) is 24.1 Å². The third-order valence-corrected chi connectivity index (χ3v) is 4.52. The molecule has 1 aromatic heterocycles. The normalized spacial score (nSPS) is 18.9. The monoisotopic (exact) mass is 312 g/mol. The van der Waals surface area contributed by atoms with Gasteiger partial charge in [-0.2, -0.15) is 10.1 Å². The summed E-state index contributed by atoms with van der Waals surface area (Å²) in [4.78, 5) is 16.3. The molecule has 0 unspecified atom stereocenters. The highest BCUT2D eigenvalue weighted by Crippen LogP contribution is 2.38. The highest BCUT2D eigenvalue weighted by molar-refractivity contribution is 5.76. The molecule has 0 radical (unpaired) electrons. The lowest BCUT2D eigenvalue weighted by Crippen LogP contribution is -2.45. The maximum Gasteiger partial charge on any atom is 0.294 e. The molecule has 0 fully saturated rings. The predicted octanol–water partition coefficient (Wildman–Crippen LogP) is 3.68. The van der Waals surface area contributed by atoms with Crippen molar-refractivity contribution < 1.29 is 0 Å². The van der Waals surface area contributed by atoms with Crippen LogP contribution in [0.25, 0.3) is 11.4 Å². The Labute approximate surface area is 136 Å². The van der Waals surface area contributed by atoms with E-state index in [-0.39, 0.29) is 11.2 Å². The lowest BCUT2D eigenvalue weighted by atomic mass is 9.98. The number of hydrogen-bond donors (Lipinski definition) is 1. The molecule has 3 rings (SSSR count). The van der Waals surface area contributed by atoms with Gasteiger partial charge in [0.2, 0.25) is 0 Å². The SMILES string of the molecule is CCCCCC[C@@]1(C)Nc2ccccc2-c2nc(=O)c(C)nn21. The minimum absolute atomic E-state index is 0.249. The van der Waals surface area contributed by atoms with Gasteiger partial charge in [-0.25, -0.2) is 4.68 Å². The summed E-state index contributed by atoms with van der Waals surface area (Å²) in [6, 6.07) is 7.98. The van der Waals surface area contributed by atoms with Gasteiger partial charge in [0.05, 0.1) is 0 Å². The van der Waals surface area contributed by atoms with E-state index in [1.54, 1.807) is 6.92 Å². The van der Waals surface area contributed by atoms with E-state index in [1.807, 2.05) is 28.9 Å². The van der Waals surface area contributed by atoms with Crippen molar-refractivity contribution in [2.75, 3.05) is 5.32 Å². The molecule has 1 aliphatic heterocycles. The molecule has 2 aromatic rings. The van der Waals surface area contributed by atoms with E-state index in [1.165, 1.54) is 19.3 Å². The van der Waals surface area contributed by atoms with Gasteiger partial charge in [-0.3, -0.25) is 4.79 Å². The first-order valence-electron chi connectivity index (χ1n) is 8.41. The highest BCUT2D eigenvalue weighted by Gasteiger charge is 2.35. The maximum absolute atomic E-state index is 12.0. The maximum atomic E-state index is 12.0. The molecular formula is C18H24N4O. The molecule has 0 aliphatic carbocycles. The first-order valence-corrected chi connectivity index (χ1v) is 8.41. The summed E-state index contributed by atoms with van der Waals surface area (Å²) in [5.74, 6) is 0.660. The average molecular weight is 312 g/mol. The quantitative estimate of drug-likeness (QED) is 0.856. The van der Waals surface area contributed by atoms with Crippen molar-refractivity contribution >= 4 is 5.69 Å². The number of aromatic nitrogens is 3. The van der Waals surface area contributed by atoms with Gasteiger partial charge in [0.25, 0.3) is 5.56 Å². The fourth-order valence-corrected chi connectivity index (χ4v) is 3.18. The molecule has 0 bridgehead atoms. The molecular weight excluding hydrogens is 288 g/mol. The van der Waals surface area contributed by atoms with Crippen molar-refractivity contribution in [1.82, 2.24) is 14.8 Å². The Kier molecular flexibility index (Phi) is 4.20. The first kappa shape index (κ1) is 15.7. The minimum atomic E-state index is -0.358. The van der Waals surface area contributed by atoms with Crippen molar-refractivity contribution in [1.29, 1.82) is 0 Å². The number of nitrogens with one attached hydrogen (secondary N) is 1. The van der Waals surface area contributed by atoms with E-state index < -0.39 is 0 Å². The fourth-order valence-electron chi connectivity index (χ4n) is 3.18. The lowest BCUT2D eigenvalue weighted by molar-refractivity contribution is 0.286. The van der Waals surface area contributed by atoms with Crippen LogP contribution in [0, 0.1) is 6.92 Å². The Balaban J connectivity index is 2.05. The van der Waals surface area contributed by atoms with Crippen LogP contribution in [0.15, 0.2) is 29.1 Å². The van der Waals surface area contributed by atoms with Gasteiger partial charge in [-0.1, -0.05) is 38.3 Å². The second kappa shape index (κ2) is 6.14. The molecule has 0 amide bonds. The molecule has 1 atom stereocenters. The van der Waals surface area contributed by atoms with Crippen LogP contribution < -0.4 is 10.9 Å². The summed E-state index contributed by atoms with van der Waals surface area (Å²) in [6.45, 7) is 6.07. The zero-order chi connectivity index (χ0) is 16.4. The van der Waals surface area contributed by atoms with E-state index in [4.69, 9.17) is 0 Å². The van der Waals surface area contributed by atoms with Gasteiger partial charge in [-0.05, 0) is 38.8 Å². The second-order valence-corrected chi connectivity index (χ2v) is 6.49. The number of nitrogens with zero attached hydrogens (tertiary/aromatic N) is 3. The molecule has 0 spiro atoms. The van der Waals surface area contributed by atoms with Gasteiger partial charge in [0.1, 0.15) is 11.4 Å². The summed E-state index contributed by atoms with van der Waals surface area (Å²) in [7, 11) is 0. The number of anilines is 1. The van der Waals surface area contributed by atoms with Crippen molar-refractivity contribution in [2.45, 2.75) is 58.5 Å². The van der Waals surface area contributed by atoms with E-state index in [2.05, 4.69) is 29.2 Å². The van der Waals surface area contributed by atoms with Gasteiger partial charge in [-0.15, -0.1) is 0 Å². The van der Waals surface area contributed by atoms with Gasteiger partial charge >= 0.3 is 0 Å². The van der Waals surface area contributed by atoms with Crippen molar-refractivity contribution in [3.8, 4) is 11.4 Å². The van der Waals surface area contributed by atoms with E-state index in [0.29, 0.717) is 11.5 Å². The lowest BCUT2D eigenvalue weighted by Gasteiger charge is -2.39. The summed E-state index contributed by atoms with van der Waals surface area (Å²) in [6.07, 6.45) is 5.73. The van der Waals surface area contributed by atoms with Gasteiger partial charge < -0.3 is 5.32 Å². The number of aryl methyl sites for hydroxylation is 1. The molecule has 1 N–H and O–H groups in total. The van der Waals surface area contributed by atoms with Crippen LogP contribution in [0.4, 0.5) is 5.69 Å². The third kappa shape index (κ3) is 2.87.